The number of amides is 1. The summed E-state index contributed by atoms with van der Waals surface area (Å²) in [6, 6.07) is 3.95. The molecule has 1 rings (SSSR count). The molecule has 0 unspecified atom stereocenters. The van der Waals surface area contributed by atoms with Crippen molar-refractivity contribution in [1.82, 2.24) is 0 Å². The molecule has 0 fully saturated rings. The van der Waals surface area contributed by atoms with Crippen molar-refractivity contribution in [2.45, 2.75) is 40.0 Å². The molecule has 1 aromatic rings. The highest BCUT2D eigenvalue weighted by Crippen LogP contribution is 2.35. The van der Waals surface area contributed by atoms with Crippen LogP contribution in [0.1, 0.15) is 38.8 Å². The monoisotopic (exact) mass is 261 g/mol. The van der Waals surface area contributed by atoms with Crippen molar-refractivity contribution in [3.8, 4) is 5.75 Å². The number of carbonyl (C=O) groups is 1. The Bertz CT molecular complexity index is 484. The van der Waals surface area contributed by atoms with Gasteiger partial charge in [-0.3, -0.25) is 4.79 Å². The second-order valence-corrected chi connectivity index (χ2v) is 5.92. The fourth-order valence-electron chi connectivity index (χ4n) is 1.81. The molecule has 1 N–H and O–H groups in total. The Morgan fingerprint density at radius 1 is 1.42 bits per heavy atom. The van der Waals surface area contributed by atoms with Crippen LogP contribution in [0.3, 0.4) is 0 Å². The summed E-state index contributed by atoms with van der Waals surface area (Å²) in [5.41, 5.74) is 3.80. The normalized spacial score (nSPS) is 11.0. The Hall–Kier alpha value is -1.77. The first-order valence-corrected chi connectivity index (χ1v) is 6.38. The van der Waals surface area contributed by atoms with Gasteiger partial charge in [-0.2, -0.15) is 0 Å². The van der Waals surface area contributed by atoms with Crippen LogP contribution in [0.2, 0.25) is 0 Å². The van der Waals surface area contributed by atoms with Crippen molar-refractivity contribution in [1.29, 1.82) is 0 Å². The lowest BCUT2D eigenvalue weighted by molar-refractivity contribution is -0.105. The van der Waals surface area contributed by atoms with Crippen molar-refractivity contribution in [2.24, 2.45) is 0 Å². The molecule has 3 heteroatoms. The quantitative estimate of drug-likeness (QED) is 0.646. The number of carbonyl (C=O) groups excluding carboxylic acids is 1. The van der Waals surface area contributed by atoms with Gasteiger partial charge < -0.3 is 10.1 Å². The highest BCUT2D eigenvalue weighted by molar-refractivity contribution is 5.74. The largest absolute Gasteiger partial charge is 0.489 e. The molecule has 1 amide bonds. The first kappa shape index (κ1) is 15.3. The molecule has 0 aliphatic heterocycles. The van der Waals surface area contributed by atoms with Crippen LogP contribution >= 0.6 is 0 Å². The molecule has 19 heavy (non-hydrogen) atoms. The van der Waals surface area contributed by atoms with Gasteiger partial charge in [-0.25, -0.2) is 0 Å². The fourth-order valence-corrected chi connectivity index (χ4v) is 1.81. The summed E-state index contributed by atoms with van der Waals surface area (Å²) in [6.45, 7) is 14.6. The summed E-state index contributed by atoms with van der Waals surface area (Å²) in [6.07, 6.45) is 0.698. The minimum Gasteiger partial charge on any atom is -0.489 e. The second-order valence-electron chi connectivity index (χ2n) is 5.92. The van der Waals surface area contributed by atoms with Gasteiger partial charge in [0.05, 0.1) is 0 Å². The number of nitrogens with one attached hydrogen (secondary N) is 1. The Balaban J connectivity index is 3.24. The summed E-state index contributed by atoms with van der Waals surface area (Å²) in [5.74, 6) is 0.851. The van der Waals surface area contributed by atoms with E-state index >= 15 is 0 Å². The van der Waals surface area contributed by atoms with Crippen LogP contribution in [-0.2, 0) is 10.2 Å². The number of ether oxygens (including phenoxy) is 1. The van der Waals surface area contributed by atoms with Crippen LogP contribution in [0.25, 0.3) is 0 Å². The highest BCUT2D eigenvalue weighted by Gasteiger charge is 2.20. The number of hydrogen-bond acceptors (Lipinski definition) is 2. The van der Waals surface area contributed by atoms with Gasteiger partial charge in [-0.15, -0.1) is 0 Å². The zero-order chi connectivity index (χ0) is 14.6. The minimum atomic E-state index is -0.0581. The Labute approximate surface area is 115 Å². The van der Waals surface area contributed by atoms with E-state index in [1.807, 2.05) is 26.0 Å². The van der Waals surface area contributed by atoms with Crippen LogP contribution in [-0.4, -0.2) is 13.0 Å². The molecule has 0 heterocycles. The molecule has 0 atom stereocenters. The van der Waals surface area contributed by atoms with Crippen LogP contribution in [0.5, 0.6) is 5.75 Å². The SMILES string of the molecule is C=C(C)COc1cc(C)c(NC=O)cc1C(C)(C)C. The summed E-state index contributed by atoms with van der Waals surface area (Å²) in [7, 11) is 0. The number of rotatable bonds is 5. The van der Waals surface area contributed by atoms with Gasteiger partial charge in [0, 0.05) is 11.3 Å². The zero-order valence-corrected chi connectivity index (χ0v) is 12.5. The lowest BCUT2D eigenvalue weighted by Gasteiger charge is -2.24. The molecule has 0 aromatic heterocycles. The predicted octanol–water partition coefficient (Wildman–Crippen LogP) is 3.82. The molecule has 1 aromatic carbocycles. The third-order valence-electron chi connectivity index (χ3n) is 2.82. The van der Waals surface area contributed by atoms with Crippen molar-refractivity contribution < 1.29 is 9.53 Å². The molecule has 3 nitrogen and oxygen atoms in total. The van der Waals surface area contributed by atoms with Crippen molar-refractivity contribution >= 4 is 12.1 Å². The highest BCUT2D eigenvalue weighted by atomic mass is 16.5. The van der Waals surface area contributed by atoms with Gasteiger partial charge in [0.15, 0.2) is 0 Å². The lowest BCUT2D eigenvalue weighted by Crippen LogP contribution is -2.15. The number of hydrogen-bond donors (Lipinski definition) is 1. The Kier molecular flexibility index (Phi) is 4.76. The van der Waals surface area contributed by atoms with E-state index in [4.69, 9.17) is 4.74 Å². The van der Waals surface area contributed by atoms with Crippen LogP contribution in [0.15, 0.2) is 24.3 Å². The van der Waals surface area contributed by atoms with Gasteiger partial charge in [0.25, 0.3) is 0 Å². The van der Waals surface area contributed by atoms with Crippen LogP contribution < -0.4 is 10.1 Å². The second kappa shape index (κ2) is 5.91. The van der Waals surface area contributed by atoms with Gasteiger partial charge in [0.1, 0.15) is 12.4 Å². The van der Waals surface area contributed by atoms with Crippen LogP contribution in [0, 0.1) is 6.92 Å². The molecule has 0 aliphatic carbocycles. The predicted molar refractivity (Wildman–Crippen MR) is 79.9 cm³/mol. The maximum atomic E-state index is 10.6. The summed E-state index contributed by atoms with van der Waals surface area (Å²) < 4.78 is 5.82. The molecule has 104 valence electrons. The Morgan fingerprint density at radius 3 is 2.53 bits per heavy atom. The third kappa shape index (κ3) is 4.12. The number of anilines is 1. The van der Waals surface area contributed by atoms with Gasteiger partial charge in [0.2, 0.25) is 6.41 Å². The smallest absolute Gasteiger partial charge is 0.211 e. The van der Waals surface area contributed by atoms with Crippen molar-refractivity contribution in [2.75, 3.05) is 11.9 Å². The fraction of sp³-hybridized carbons (Fsp3) is 0.438. The minimum absolute atomic E-state index is 0.0581. The summed E-state index contributed by atoms with van der Waals surface area (Å²) >= 11 is 0. The number of aryl methyl sites for hydroxylation is 1. The molecule has 0 saturated carbocycles. The first-order chi connectivity index (χ1) is 8.75. The van der Waals surface area contributed by atoms with E-state index in [1.165, 1.54) is 0 Å². The lowest BCUT2D eigenvalue weighted by atomic mass is 9.85. The number of benzene rings is 1. The van der Waals surface area contributed by atoms with E-state index in [0.717, 1.165) is 28.1 Å². The maximum Gasteiger partial charge on any atom is 0.211 e. The third-order valence-corrected chi connectivity index (χ3v) is 2.82. The van der Waals surface area contributed by atoms with E-state index in [1.54, 1.807) is 0 Å². The first-order valence-electron chi connectivity index (χ1n) is 6.38. The Morgan fingerprint density at radius 2 is 2.05 bits per heavy atom. The molecule has 0 radical (unpaired) electrons. The molecule has 0 saturated heterocycles. The van der Waals surface area contributed by atoms with Gasteiger partial charge in [-0.1, -0.05) is 27.4 Å². The average Bonchev–Trinajstić information content (AvgIpc) is 2.27. The summed E-state index contributed by atoms with van der Waals surface area (Å²) in [4.78, 5) is 10.6. The molecule has 0 bridgehead atoms. The van der Waals surface area contributed by atoms with Crippen molar-refractivity contribution in [3.63, 3.8) is 0 Å². The van der Waals surface area contributed by atoms with Gasteiger partial charge >= 0.3 is 0 Å². The average molecular weight is 261 g/mol. The molecule has 0 spiro atoms. The van der Waals surface area contributed by atoms with E-state index in [9.17, 15) is 4.79 Å². The topological polar surface area (TPSA) is 38.3 Å². The maximum absolute atomic E-state index is 10.6. The summed E-state index contributed by atoms with van der Waals surface area (Å²) in [5, 5.41) is 2.73. The van der Waals surface area contributed by atoms with Crippen molar-refractivity contribution in [3.05, 3.63) is 35.4 Å². The van der Waals surface area contributed by atoms with E-state index in [2.05, 4.69) is 32.7 Å². The van der Waals surface area contributed by atoms with E-state index < -0.39 is 0 Å². The molecular weight excluding hydrogens is 238 g/mol. The molecular formula is C16H23NO2. The van der Waals surface area contributed by atoms with E-state index in [0.29, 0.717) is 13.0 Å². The van der Waals surface area contributed by atoms with E-state index in [-0.39, 0.29) is 5.41 Å². The standard InChI is InChI=1S/C16H23NO2/c1-11(2)9-19-15-7-12(3)14(17-10-18)8-13(15)16(4,5)6/h7-8,10H,1,9H2,2-6H3,(H,17,18). The van der Waals surface area contributed by atoms with Crippen LogP contribution in [0.4, 0.5) is 5.69 Å². The zero-order valence-electron chi connectivity index (χ0n) is 12.5. The van der Waals surface area contributed by atoms with Gasteiger partial charge in [-0.05, 0) is 42.5 Å². The molecule has 0 aliphatic rings.